The monoisotopic (exact) mass is 362 g/mol. The topological polar surface area (TPSA) is 60.4 Å². The quantitative estimate of drug-likeness (QED) is 0.663. The molecule has 144 valence electrons. The summed E-state index contributed by atoms with van der Waals surface area (Å²) in [5.41, 5.74) is 1.18. The molecule has 1 aromatic rings. The summed E-state index contributed by atoms with van der Waals surface area (Å²) in [4.78, 5) is 13.2. The van der Waals surface area contributed by atoms with Crippen LogP contribution in [0, 0.1) is 4.91 Å². The van der Waals surface area contributed by atoms with E-state index in [1.807, 2.05) is 12.1 Å². The lowest BCUT2D eigenvalue weighted by molar-refractivity contribution is -0.0293. The lowest BCUT2D eigenvalue weighted by Gasteiger charge is -2.37. The first-order valence-electron chi connectivity index (χ1n) is 9.64. The van der Waals surface area contributed by atoms with Gasteiger partial charge in [-0.1, -0.05) is 24.1 Å². The van der Waals surface area contributed by atoms with E-state index in [9.17, 15) is 4.91 Å². The molecule has 1 saturated carbocycles. The summed E-state index contributed by atoms with van der Waals surface area (Å²) >= 11 is 0. The maximum Gasteiger partial charge on any atom is 0.160 e. The number of rotatable bonds is 8. The Bertz CT molecular complexity index is 595. The minimum atomic E-state index is -0.0376. The average molecular weight is 362 g/mol. The van der Waals surface area contributed by atoms with E-state index >= 15 is 0 Å². The standard InChI is InChI=1S/C20H30N2O4/c1-24-19-8-7-15(13-20(19)25-2)10-12-26-18-6-4-3-5-17(18)22-11-9-16(14-22)21-23/h7-8,13,16-18H,3-6,9-12,14H2,1-2H3/t16-,17+,18+/m1/s1. The smallest absolute Gasteiger partial charge is 0.160 e. The fraction of sp³-hybridized carbons (Fsp3) is 0.700. The van der Waals surface area contributed by atoms with Crippen LogP contribution in [0.2, 0.25) is 0 Å². The van der Waals surface area contributed by atoms with Crippen LogP contribution in [0.1, 0.15) is 37.7 Å². The zero-order valence-electron chi connectivity index (χ0n) is 15.9. The van der Waals surface area contributed by atoms with Crippen LogP contribution in [0.5, 0.6) is 11.5 Å². The molecule has 0 amide bonds. The first-order valence-corrected chi connectivity index (χ1v) is 9.64. The second-order valence-electron chi connectivity index (χ2n) is 7.24. The fourth-order valence-electron chi connectivity index (χ4n) is 4.21. The number of likely N-dealkylation sites (tertiary alicyclic amines) is 1. The predicted octanol–water partition coefficient (Wildman–Crippen LogP) is 3.41. The summed E-state index contributed by atoms with van der Waals surface area (Å²) in [6.45, 7) is 2.46. The number of methoxy groups -OCH3 is 2. The molecule has 1 saturated heterocycles. The lowest BCUT2D eigenvalue weighted by atomic mass is 9.91. The van der Waals surface area contributed by atoms with E-state index in [-0.39, 0.29) is 12.1 Å². The molecule has 0 unspecified atom stereocenters. The predicted molar refractivity (Wildman–Crippen MR) is 101 cm³/mol. The first kappa shape index (κ1) is 19.1. The van der Waals surface area contributed by atoms with E-state index in [2.05, 4.69) is 16.1 Å². The van der Waals surface area contributed by atoms with Crippen molar-refractivity contribution >= 4 is 0 Å². The van der Waals surface area contributed by atoms with Crippen molar-refractivity contribution in [1.29, 1.82) is 0 Å². The van der Waals surface area contributed by atoms with Gasteiger partial charge in [0.05, 0.1) is 26.9 Å². The highest BCUT2D eigenvalue weighted by atomic mass is 16.5. The van der Waals surface area contributed by atoms with Crippen molar-refractivity contribution in [3.63, 3.8) is 0 Å². The Morgan fingerprint density at radius 1 is 1.12 bits per heavy atom. The number of hydrogen-bond donors (Lipinski definition) is 0. The van der Waals surface area contributed by atoms with Crippen molar-refractivity contribution in [2.24, 2.45) is 5.18 Å². The van der Waals surface area contributed by atoms with Gasteiger partial charge in [-0.05, 0) is 43.4 Å². The second kappa shape index (κ2) is 9.33. The van der Waals surface area contributed by atoms with Crippen LogP contribution in [0.15, 0.2) is 23.4 Å². The molecule has 26 heavy (non-hydrogen) atoms. The van der Waals surface area contributed by atoms with Gasteiger partial charge in [-0.25, -0.2) is 0 Å². The number of nitrogens with zero attached hydrogens (tertiary/aromatic N) is 2. The number of benzene rings is 1. The van der Waals surface area contributed by atoms with Gasteiger partial charge >= 0.3 is 0 Å². The molecule has 0 N–H and O–H groups in total. The fourth-order valence-corrected chi connectivity index (χ4v) is 4.21. The maximum absolute atomic E-state index is 10.8. The second-order valence-corrected chi connectivity index (χ2v) is 7.24. The lowest BCUT2D eigenvalue weighted by Crippen LogP contribution is -2.46. The van der Waals surface area contributed by atoms with Crippen molar-refractivity contribution < 1.29 is 14.2 Å². The largest absolute Gasteiger partial charge is 0.493 e. The molecule has 1 heterocycles. The van der Waals surface area contributed by atoms with E-state index in [4.69, 9.17) is 14.2 Å². The van der Waals surface area contributed by atoms with Crippen LogP contribution < -0.4 is 9.47 Å². The summed E-state index contributed by atoms with van der Waals surface area (Å²) in [5, 5.41) is 3.24. The van der Waals surface area contributed by atoms with Gasteiger partial charge < -0.3 is 14.2 Å². The SMILES string of the molecule is COc1ccc(CCO[C@H]2CCCC[C@@H]2N2CC[C@@H](N=O)C2)cc1OC. The number of hydrogen-bond acceptors (Lipinski definition) is 6. The van der Waals surface area contributed by atoms with Gasteiger partial charge in [0.2, 0.25) is 0 Å². The molecular weight excluding hydrogens is 332 g/mol. The van der Waals surface area contributed by atoms with Gasteiger partial charge in [0.1, 0.15) is 6.04 Å². The molecule has 6 heteroatoms. The molecular formula is C20H30N2O4. The van der Waals surface area contributed by atoms with Gasteiger partial charge in [0, 0.05) is 19.1 Å². The molecule has 3 atom stereocenters. The summed E-state index contributed by atoms with van der Waals surface area (Å²) < 4.78 is 16.9. The summed E-state index contributed by atoms with van der Waals surface area (Å²) in [6.07, 6.45) is 6.73. The van der Waals surface area contributed by atoms with Crippen LogP contribution in [0.4, 0.5) is 0 Å². The van der Waals surface area contributed by atoms with Crippen molar-refractivity contribution in [1.82, 2.24) is 4.90 Å². The van der Waals surface area contributed by atoms with Crippen LogP contribution in [0.25, 0.3) is 0 Å². The number of nitroso groups, excluding NO2 is 1. The molecule has 0 bridgehead atoms. The summed E-state index contributed by atoms with van der Waals surface area (Å²) in [7, 11) is 3.30. The number of ether oxygens (including phenoxy) is 3. The molecule has 3 rings (SSSR count). The minimum Gasteiger partial charge on any atom is -0.493 e. The van der Waals surface area contributed by atoms with E-state index in [0.29, 0.717) is 12.6 Å². The van der Waals surface area contributed by atoms with Gasteiger partial charge in [-0.15, -0.1) is 0 Å². The minimum absolute atomic E-state index is 0.0376. The molecule has 6 nitrogen and oxygen atoms in total. The van der Waals surface area contributed by atoms with Gasteiger partial charge in [0.15, 0.2) is 11.5 Å². The van der Waals surface area contributed by atoms with Crippen molar-refractivity contribution in [3.05, 3.63) is 28.7 Å². The Labute approximate surface area is 155 Å². The third kappa shape index (κ3) is 4.54. The van der Waals surface area contributed by atoms with E-state index in [0.717, 1.165) is 50.3 Å². The molecule has 2 fully saturated rings. The normalized spacial score (nSPS) is 26.6. The van der Waals surface area contributed by atoms with Crippen LogP contribution in [-0.4, -0.2) is 57.0 Å². The third-order valence-corrected chi connectivity index (χ3v) is 5.65. The van der Waals surface area contributed by atoms with Crippen LogP contribution in [-0.2, 0) is 11.2 Å². The Balaban J connectivity index is 1.53. The average Bonchev–Trinajstić information content (AvgIpc) is 3.17. The van der Waals surface area contributed by atoms with Gasteiger partial charge in [-0.3, -0.25) is 4.90 Å². The molecule has 0 radical (unpaired) electrons. The Morgan fingerprint density at radius 3 is 2.65 bits per heavy atom. The molecule has 1 aliphatic heterocycles. The van der Waals surface area contributed by atoms with E-state index < -0.39 is 0 Å². The highest BCUT2D eigenvalue weighted by molar-refractivity contribution is 5.42. The molecule has 2 aliphatic rings. The van der Waals surface area contributed by atoms with Gasteiger partial charge in [0.25, 0.3) is 0 Å². The Kier molecular flexibility index (Phi) is 6.86. The molecule has 0 spiro atoms. The van der Waals surface area contributed by atoms with E-state index in [1.54, 1.807) is 14.2 Å². The van der Waals surface area contributed by atoms with Crippen molar-refractivity contribution in [2.75, 3.05) is 33.9 Å². The zero-order valence-corrected chi connectivity index (χ0v) is 15.9. The summed E-state index contributed by atoms with van der Waals surface area (Å²) in [5.74, 6) is 1.50. The van der Waals surface area contributed by atoms with Gasteiger partial charge in [-0.2, -0.15) is 4.91 Å². The Morgan fingerprint density at radius 2 is 1.92 bits per heavy atom. The van der Waals surface area contributed by atoms with Crippen LogP contribution in [0.3, 0.4) is 0 Å². The molecule has 1 aromatic carbocycles. The maximum atomic E-state index is 10.8. The first-order chi connectivity index (χ1) is 12.7. The zero-order chi connectivity index (χ0) is 18.4. The molecule has 0 aromatic heterocycles. The van der Waals surface area contributed by atoms with Crippen molar-refractivity contribution in [2.45, 2.75) is 56.7 Å². The van der Waals surface area contributed by atoms with E-state index in [1.165, 1.54) is 18.4 Å². The highest BCUT2D eigenvalue weighted by Gasteiger charge is 2.35. The Hall–Kier alpha value is -1.66. The summed E-state index contributed by atoms with van der Waals surface area (Å²) in [6, 6.07) is 6.41. The highest BCUT2D eigenvalue weighted by Crippen LogP contribution is 2.30. The molecule has 1 aliphatic carbocycles. The van der Waals surface area contributed by atoms with Crippen molar-refractivity contribution in [3.8, 4) is 11.5 Å². The van der Waals surface area contributed by atoms with Crippen LogP contribution >= 0.6 is 0 Å². The third-order valence-electron chi connectivity index (χ3n) is 5.65.